The van der Waals surface area contributed by atoms with Crippen molar-refractivity contribution >= 4 is 15.9 Å². The van der Waals surface area contributed by atoms with Gasteiger partial charge in [-0.1, -0.05) is 0 Å². The van der Waals surface area contributed by atoms with Gasteiger partial charge in [0.15, 0.2) is 4.67 Å². The smallest absolute Gasteiger partial charge is 0.169 e. The fraction of sp³-hybridized carbons (Fsp3) is 0.167. The highest BCUT2D eigenvalue weighted by atomic mass is 79.9. The Morgan fingerprint density at radius 3 is 2.65 bits per heavy atom. The molecule has 0 aliphatic heterocycles. The highest BCUT2D eigenvalue weighted by Gasteiger charge is 2.14. The predicted octanol–water partition coefficient (Wildman–Crippen LogP) is 3.56. The Bertz CT molecular complexity index is 527. The van der Waals surface area contributed by atoms with Gasteiger partial charge in [0.25, 0.3) is 0 Å². The molecule has 2 nitrogen and oxygen atoms in total. The fourth-order valence-electron chi connectivity index (χ4n) is 1.56. The van der Waals surface area contributed by atoms with Crippen molar-refractivity contribution in [3.63, 3.8) is 0 Å². The molecule has 90 valence electrons. The van der Waals surface area contributed by atoms with Gasteiger partial charge in [0.1, 0.15) is 17.4 Å². The summed E-state index contributed by atoms with van der Waals surface area (Å²) >= 11 is 3.16. The topological polar surface area (TPSA) is 39.2 Å². The first kappa shape index (κ1) is 12.3. The highest BCUT2D eigenvalue weighted by molar-refractivity contribution is 9.10. The third-order valence-electron chi connectivity index (χ3n) is 2.41. The van der Waals surface area contributed by atoms with Gasteiger partial charge in [0, 0.05) is 0 Å². The molecule has 2 N–H and O–H groups in total. The van der Waals surface area contributed by atoms with Gasteiger partial charge in [-0.25, -0.2) is 8.78 Å². The zero-order chi connectivity index (χ0) is 12.4. The molecule has 0 saturated heterocycles. The molecule has 0 radical (unpaired) electrons. The SMILES string of the molecule is NC(Cc1cc(F)ccc1F)c1ccc(Br)o1. The van der Waals surface area contributed by atoms with Crippen molar-refractivity contribution in [3.8, 4) is 0 Å². The van der Waals surface area contributed by atoms with E-state index in [9.17, 15) is 8.78 Å². The summed E-state index contributed by atoms with van der Waals surface area (Å²) in [5, 5.41) is 0. The van der Waals surface area contributed by atoms with E-state index in [4.69, 9.17) is 10.2 Å². The van der Waals surface area contributed by atoms with E-state index in [1.807, 2.05) is 0 Å². The molecule has 1 aromatic heterocycles. The monoisotopic (exact) mass is 301 g/mol. The highest BCUT2D eigenvalue weighted by Crippen LogP contribution is 2.23. The molecule has 0 spiro atoms. The third-order valence-corrected chi connectivity index (χ3v) is 2.83. The molecule has 1 heterocycles. The van der Waals surface area contributed by atoms with E-state index in [1.54, 1.807) is 12.1 Å². The van der Waals surface area contributed by atoms with Crippen molar-refractivity contribution in [1.29, 1.82) is 0 Å². The predicted molar refractivity (Wildman–Crippen MR) is 63.4 cm³/mol. The summed E-state index contributed by atoms with van der Waals surface area (Å²) in [6.45, 7) is 0. The molecule has 0 aliphatic carbocycles. The number of nitrogens with two attached hydrogens (primary N) is 1. The van der Waals surface area contributed by atoms with E-state index >= 15 is 0 Å². The zero-order valence-corrected chi connectivity index (χ0v) is 10.4. The Balaban J connectivity index is 2.18. The molecule has 0 saturated carbocycles. The van der Waals surface area contributed by atoms with Crippen LogP contribution in [0, 0.1) is 11.6 Å². The Hall–Kier alpha value is -1.20. The van der Waals surface area contributed by atoms with Crippen LogP contribution in [0.5, 0.6) is 0 Å². The molecule has 0 fully saturated rings. The number of benzene rings is 1. The Morgan fingerprint density at radius 1 is 1.24 bits per heavy atom. The molecular formula is C12H10BrF2NO. The standard InChI is InChI=1S/C12H10BrF2NO/c13-12-4-3-11(17-12)10(16)6-7-5-8(14)1-2-9(7)15/h1-5,10H,6,16H2. The summed E-state index contributed by atoms with van der Waals surface area (Å²) in [6, 6.07) is 6.22. The van der Waals surface area contributed by atoms with Crippen molar-refractivity contribution in [3.05, 3.63) is 58.0 Å². The van der Waals surface area contributed by atoms with Crippen molar-refractivity contribution in [2.24, 2.45) is 5.73 Å². The summed E-state index contributed by atoms with van der Waals surface area (Å²) in [6.07, 6.45) is 0.184. The van der Waals surface area contributed by atoms with Crippen LogP contribution in [0.1, 0.15) is 17.4 Å². The van der Waals surface area contributed by atoms with Crippen LogP contribution in [0.2, 0.25) is 0 Å². The summed E-state index contributed by atoms with van der Waals surface area (Å²) in [5.74, 6) is -0.415. The molecule has 1 unspecified atom stereocenters. The van der Waals surface area contributed by atoms with Crippen LogP contribution >= 0.6 is 15.9 Å². The molecule has 5 heteroatoms. The number of halogens is 3. The van der Waals surface area contributed by atoms with Crippen LogP contribution < -0.4 is 5.73 Å². The molecule has 1 atom stereocenters. The van der Waals surface area contributed by atoms with Crippen LogP contribution in [0.4, 0.5) is 8.78 Å². The molecule has 1 aromatic carbocycles. The van der Waals surface area contributed by atoms with Crippen LogP contribution in [0.3, 0.4) is 0 Å². The van der Waals surface area contributed by atoms with E-state index in [1.165, 1.54) is 0 Å². The second kappa shape index (κ2) is 4.98. The largest absolute Gasteiger partial charge is 0.453 e. The van der Waals surface area contributed by atoms with E-state index in [0.29, 0.717) is 10.4 Å². The minimum absolute atomic E-state index is 0.184. The van der Waals surface area contributed by atoms with Gasteiger partial charge < -0.3 is 10.2 Å². The Labute approximate surface area is 106 Å². The summed E-state index contributed by atoms with van der Waals surface area (Å²) in [4.78, 5) is 0. The van der Waals surface area contributed by atoms with Gasteiger partial charge >= 0.3 is 0 Å². The van der Waals surface area contributed by atoms with Crippen LogP contribution in [-0.2, 0) is 6.42 Å². The summed E-state index contributed by atoms with van der Waals surface area (Å²) in [5.41, 5.74) is 6.10. The van der Waals surface area contributed by atoms with Crippen LogP contribution in [0.15, 0.2) is 39.4 Å². The molecule has 0 bridgehead atoms. The molecule has 0 amide bonds. The van der Waals surface area contributed by atoms with E-state index in [2.05, 4.69) is 15.9 Å². The lowest BCUT2D eigenvalue weighted by Crippen LogP contribution is -2.13. The zero-order valence-electron chi connectivity index (χ0n) is 8.79. The molecule has 2 aromatic rings. The first-order valence-electron chi connectivity index (χ1n) is 5.01. The average Bonchev–Trinajstić information content (AvgIpc) is 2.70. The summed E-state index contributed by atoms with van der Waals surface area (Å²) in [7, 11) is 0. The van der Waals surface area contributed by atoms with Crippen molar-refractivity contribution in [2.75, 3.05) is 0 Å². The van der Waals surface area contributed by atoms with Crippen molar-refractivity contribution < 1.29 is 13.2 Å². The van der Waals surface area contributed by atoms with Crippen LogP contribution in [-0.4, -0.2) is 0 Å². The minimum atomic E-state index is -0.502. The third kappa shape index (κ3) is 2.92. The average molecular weight is 302 g/mol. The first-order chi connectivity index (χ1) is 8.06. The van der Waals surface area contributed by atoms with Crippen molar-refractivity contribution in [2.45, 2.75) is 12.5 Å². The lowest BCUT2D eigenvalue weighted by atomic mass is 10.0. The van der Waals surface area contributed by atoms with Gasteiger partial charge in [0.05, 0.1) is 6.04 Å². The number of hydrogen-bond donors (Lipinski definition) is 1. The van der Waals surface area contributed by atoms with Gasteiger partial charge in [-0.3, -0.25) is 0 Å². The maximum Gasteiger partial charge on any atom is 0.169 e. The second-order valence-electron chi connectivity index (χ2n) is 3.69. The first-order valence-corrected chi connectivity index (χ1v) is 5.80. The normalized spacial score (nSPS) is 12.7. The Kier molecular flexibility index (Phi) is 3.59. The van der Waals surface area contributed by atoms with E-state index in [0.717, 1.165) is 18.2 Å². The van der Waals surface area contributed by atoms with E-state index < -0.39 is 17.7 Å². The second-order valence-corrected chi connectivity index (χ2v) is 4.47. The van der Waals surface area contributed by atoms with E-state index in [-0.39, 0.29) is 12.0 Å². The molecule has 0 aliphatic rings. The molecule has 17 heavy (non-hydrogen) atoms. The summed E-state index contributed by atoms with van der Waals surface area (Å²) < 4.78 is 32.2. The number of furan rings is 1. The maximum absolute atomic E-state index is 13.4. The number of hydrogen-bond acceptors (Lipinski definition) is 2. The Morgan fingerprint density at radius 2 is 2.00 bits per heavy atom. The molecular weight excluding hydrogens is 292 g/mol. The lowest BCUT2D eigenvalue weighted by Gasteiger charge is -2.09. The molecule has 2 rings (SSSR count). The quantitative estimate of drug-likeness (QED) is 0.941. The lowest BCUT2D eigenvalue weighted by molar-refractivity contribution is 0.444. The minimum Gasteiger partial charge on any atom is -0.453 e. The van der Waals surface area contributed by atoms with Crippen molar-refractivity contribution in [1.82, 2.24) is 0 Å². The van der Waals surface area contributed by atoms with Gasteiger partial charge in [0.2, 0.25) is 0 Å². The maximum atomic E-state index is 13.4. The number of rotatable bonds is 3. The van der Waals surface area contributed by atoms with Gasteiger partial charge in [-0.15, -0.1) is 0 Å². The fourth-order valence-corrected chi connectivity index (χ4v) is 1.88. The van der Waals surface area contributed by atoms with Gasteiger partial charge in [-0.2, -0.15) is 0 Å². The van der Waals surface area contributed by atoms with Crippen LogP contribution in [0.25, 0.3) is 0 Å². The van der Waals surface area contributed by atoms with Gasteiger partial charge in [-0.05, 0) is 58.2 Å².